The van der Waals surface area contributed by atoms with Crippen LogP contribution in [0.25, 0.3) is 33.4 Å². The minimum atomic E-state index is -2.60. The first-order chi connectivity index (χ1) is 28.7. The van der Waals surface area contributed by atoms with E-state index >= 15 is 0 Å². The van der Waals surface area contributed by atoms with Crippen molar-refractivity contribution in [3.63, 3.8) is 0 Å². The molecule has 3 fully saturated rings. The summed E-state index contributed by atoms with van der Waals surface area (Å²) in [5.41, 5.74) is 10.2. The number of cyclic esters (lactones) is 1. The first-order valence-corrected chi connectivity index (χ1v) is 22.0. The molecule has 1 saturated carbocycles. The second kappa shape index (κ2) is 17.1. The number of carbonyl (C=O) groups is 3. The van der Waals surface area contributed by atoms with Gasteiger partial charge in [0.05, 0.1) is 46.7 Å². The van der Waals surface area contributed by atoms with Crippen LogP contribution in [0, 0.1) is 17.3 Å². The quantitative estimate of drug-likeness (QED) is 0.208. The molecule has 13 nitrogen and oxygen atoms in total. The molecular formula is C44H56F2N8O5S. The number of fused-ring (bicyclic) bond motifs is 6. The number of anilines is 1. The zero-order valence-corrected chi connectivity index (χ0v) is 36.1. The Kier molecular flexibility index (Phi) is 12.0. The van der Waals surface area contributed by atoms with E-state index in [0.717, 1.165) is 76.5 Å². The van der Waals surface area contributed by atoms with Crippen molar-refractivity contribution < 1.29 is 32.6 Å². The van der Waals surface area contributed by atoms with Crippen molar-refractivity contribution in [1.29, 1.82) is 0 Å². The van der Waals surface area contributed by atoms with Gasteiger partial charge in [-0.1, -0.05) is 19.9 Å². The highest BCUT2D eigenvalue weighted by atomic mass is 32.1. The predicted octanol–water partition coefficient (Wildman–Crippen LogP) is 5.86. The van der Waals surface area contributed by atoms with E-state index in [9.17, 15) is 23.2 Å². The molecule has 6 heterocycles. The maximum absolute atomic E-state index is 14.1. The summed E-state index contributed by atoms with van der Waals surface area (Å²) in [5.74, 6) is -3.37. The number of methoxy groups -OCH3 is 1. The Balaban J connectivity index is 1.24. The number of nitrogens with zero attached hydrogens (tertiary/aromatic N) is 6. The number of aryl methyl sites for hydroxylation is 1. The van der Waals surface area contributed by atoms with Crippen LogP contribution in [0.5, 0.6) is 0 Å². The van der Waals surface area contributed by atoms with E-state index in [-0.39, 0.29) is 25.6 Å². The Bertz CT molecular complexity index is 2250. The monoisotopic (exact) mass is 846 g/mol. The Labute approximate surface area is 353 Å². The number of alkyl halides is 2. The van der Waals surface area contributed by atoms with Crippen molar-refractivity contribution in [2.75, 3.05) is 58.4 Å². The number of aromatic nitrogens is 3. The summed E-state index contributed by atoms with van der Waals surface area (Å²) in [5, 5.41) is 7.75. The molecule has 6 bridgehead atoms. The van der Waals surface area contributed by atoms with Crippen molar-refractivity contribution in [3.05, 3.63) is 52.1 Å². The van der Waals surface area contributed by atoms with E-state index in [4.69, 9.17) is 19.4 Å². The Morgan fingerprint density at radius 1 is 1.15 bits per heavy atom. The highest BCUT2D eigenvalue weighted by Crippen LogP contribution is 2.44. The van der Waals surface area contributed by atoms with Gasteiger partial charge in [0.1, 0.15) is 12.1 Å². The van der Waals surface area contributed by atoms with Gasteiger partial charge in [-0.2, -0.15) is 0 Å². The van der Waals surface area contributed by atoms with Gasteiger partial charge in [-0.05, 0) is 70.3 Å². The standard InChI is InChI=1S/C44H56F2N8O5S/c1-7-53-36-11-10-26-17-28(36)32(39(53)31-18-27(22-47-38(31)25(2)58-6)52-15-13-51(5)14-16-52)21-44(3,4)24-59-43(57)33-9-8-12-54(50-33)42(56)34(20-37-48-35(26)23-60-37)49-41(55)30-19-29(30)40(45)46/h10-11,17-18,22-23,25,29-30,33-34,40,50H,7-9,12-16,19-21,24H2,1-6H3,(H,49,55)/t25-,29+,30+,33-,34-/m0/s1. The molecule has 8 rings (SSSR count). The Morgan fingerprint density at radius 3 is 2.65 bits per heavy atom. The highest BCUT2D eigenvalue weighted by molar-refractivity contribution is 7.10. The third kappa shape index (κ3) is 8.52. The van der Waals surface area contributed by atoms with Gasteiger partial charge in [0, 0.05) is 97.5 Å². The van der Waals surface area contributed by atoms with Crippen LogP contribution in [0.15, 0.2) is 35.8 Å². The van der Waals surface area contributed by atoms with E-state index in [2.05, 4.69) is 77.2 Å². The Hall–Kier alpha value is -4.51. The van der Waals surface area contributed by atoms with E-state index in [1.807, 2.05) is 18.5 Å². The molecule has 5 atom stereocenters. The van der Waals surface area contributed by atoms with Crippen molar-refractivity contribution >= 4 is 45.7 Å². The topological polar surface area (TPSA) is 134 Å². The van der Waals surface area contributed by atoms with Crippen molar-refractivity contribution in [1.82, 2.24) is 35.2 Å². The number of likely N-dealkylation sites (N-methyl/N-ethyl adjacent to an activating group) is 1. The molecule has 1 aliphatic carbocycles. The van der Waals surface area contributed by atoms with E-state index < -0.39 is 53.5 Å². The SMILES string of the molecule is CCn1c(-c2cc(N3CCN(C)CC3)cnc2[C@H](C)OC)c2c3cc(ccc31)-c1csc(n1)C[C@H](NC(=O)[C@@H]1C[C@H]1C(F)F)C(=O)N1CCC[C@H](N1)C(=O)OCC(C)(C)C2. The molecule has 0 unspecified atom stereocenters. The van der Waals surface area contributed by atoms with Crippen molar-refractivity contribution in [2.24, 2.45) is 17.3 Å². The fourth-order valence-corrected chi connectivity index (χ4v) is 9.76. The summed E-state index contributed by atoms with van der Waals surface area (Å²) in [6, 6.07) is 6.76. The molecule has 2 amide bonds. The number of esters is 1. The number of thiazole rings is 1. The average molecular weight is 847 g/mol. The van der Waals surface area contributed by atoms with Crippen LogP contribution in [0.3, 0.4) is 0 Å². The maximum Gasteiger partial charge on any atom is 0.324 e. The van der Waals surface area contributed by atoms with Gasteiger partial charge in [-0.3, -0.25) is 24.4 Å². The lowest BCUT2D eigenvalue weighted by Gasteiger charge is -2.35. The molecule has 2 N–H and O–H groups in total. The zero-order valence-electron chi connectivity index (χ0n) is 35.3. The summed E-state index contributed by atoms with van der Waals surface area (Å²) in [6.45, 7) is 13.2. The second-order valence-corrected chi connectivity index (χ2v) is 18.5. The van der Waals surface area contributed by atoms with E-state index in [0.29, 0.717) is 37.4 Å². The molecular weight excluding hydrogens is 791 g/mol. The molecule has 3 aliphatic heterocycles. The fourth-order valence-electron chi connectivity index (χ4n) is 8.91. The largest absolute Gasteiger partial charge is 0.464 e. The minimum Gasteiger partial charge on any atom is -0.464 e. The highest BCUT2D eigenvalue weighted by Gasteiger charge is 2.50. The summed E-state index contributed by atoms with van der Waals surface area (Å²) in [4.78, 5) is 55.9. The number of benzene rings is 1. The number of rotatable bonds is 8. The molecule has 2 saturated heterocycles. The van der Waals surface area contributed by atoms with E-state index in [1.54, 1.807) is 7.11 Å². The summed E-state index contributed by atoms with van der Waals surface area (Å²) >= 11 is 1.38. The molecule has 0 spiro atoms. The normalized spacial score (nSPS) is 24.4. The van der Waals surface area contributed by atoms with Crippen LogP contribution in [0.2, 0.25) is 0 Å². The van der Waals surface area contributed by atoms with Crippen LogP contribution in [0.4, 0.5) is 14.5 Å². The fraction of sp³-hybridized carbons (Fsp3) is 0.568. The van der Waals surface area contributed by atoms with Crippen molar-refractivity contribution in [2.45, 2.75) is 91.0 Å². The van der Waals surface area contributed by atoms with E-state index in [1.165, 1.54) is 16.3 Å². The second-order valence-electron chi connectivity index (χ2n) is 17.6. The molecule has 3 aromatic heterocycles. The zero-order chi connectivity index (χ0) is 42.5. The molecule has 322 valence electrons. The molecule has 60 heavy (non-hydrogen) atoms. The molecule has 1 aromatic carbocycles. The molecule has 4 aliphatic rings. The van der Waals surface area contributed by atoms with Crippen LogP contribution in [-0.4, -0.2) is 114 Å². The third-order valence-corrected chi connectivity index (χ3v) is 13.5. The first kappa shape index (κ1) is 42.2. The maximum atomic E-state index is 14.1. The Morgan fingerprint density at radius 2 is 1.93 bits per heavy atom. The first-order valence-electron chi connectivity index (χ1n) is 21.1. The number of nitrogens with one attached hydrogen (secondary N) is 2. The molecule has 0 radical (unpaired) electrons. The number of carbonyl (C=O) groups excluding carboxylic acids is 3. The van der Waals surface area contributed by atoms with Crippen molar-refractivity contribution in [3.8, 4) is 22.5 Å². The number of hydrogen-bond acceptors (Lipinski definition) is 11. The number of ether oxygens (including phenoxy) is 2. The number of pyridine rings is 1. The van der Waals surface area contributed by atoms with Crippen LogP contribution < -0.4 is 15.6 Å². The number of hydrazine groups is 1. The van der Waals surface area contributed by atoms with Crippen LogP contribution in [-0.2, 0) is 43.2 Å². The van der Waals surface area contributed by atoms with Gasteiger partial charge in [0.2, 0.25) is 12.3 Å². The lowest BCUT2D eigenvalue weighted by atomic mass is 9.84. The average Bonchev–Trinajstić information content (AvgIpc) is 3.84. The molecule has 16 heteroatoms. The summed E-state index contributed by atoms with van der Waals surface area (Å²) < 4.78 is 41.3. The number of amides is 2. The van der Waals surface area contributed by atoms with Crippen LogP contribution in [0.1, 0.15) is 69.3 Å². The van der Waals surface area contributed by atoms with Gasteiger partial charge in [-0.25, -0.2) is 19.2 Å². The van der Waals surface area contributed by atoms with Gasteiger partial charge in [0.15, 0.2) is 0 Å². The smallest absolute Gasteiger partial charge is 0.324 e. The van der Waals surface area contributed by atoms with Gasteiger partial charge in [0.25, 0.3) is 5.91 Å². The lowest BCUT2D eigenvalue weighted by Crippen LogP contribution is -2.60. The van der Waals surface area contributed by atoms with Gasteiger partial charge < -0.3 is 29.2 Å². The predicted molar refractivity (Wildman–Crippen MR) is 227 cm³/mol. The number of hydrogen-bond donors (Lipinski definition) is 2. The number of piperazine rings is 1. The molecule has 4 aromatic rings. The third-order valence-electron chi connectivity index (χ3n) is 12.6. The lowest BCUT2D eigenvalue weighted by molar-refractivity contribution is -0.155. The van der Waals surface area contributed by atoms with Gasteiger partial charge >= 0.3 is 5.97 Å². The summed E-state index contributed by atoms with van der Waals surface area (Å²) in [6.07, 6.45) is 0.774. The van der Waals surface area contributed by atoms with Crippen LogP contribution >= 0.6 is 11.3 Å². The summed E-state index contributed by atoms with van der Waals surface area (Å²) in [7, 11) is 3.85. The minimum absolute atomic E-state index is 0.0593. The number of halogens is 2. The van der Waals surface area contributed by atoms with Gasteiger partial charge in [-0.15, -0.1) is 11.3 Å².